The Labute approximate surface area is 117 Å². The van der Waals surface area contributed by atoms with Gasteiger partial charge < -0.3 is 5.32 Å². The van der Waals surface area contributed by atoms with Crippen LogP contribution < -0.4 is 5.32 Å². The molecule has 3 heteroatoms. The Morgan fingerprint density at radius 3 is 1.71 bits per heavy atom. The van der Waals surface area contributed by atoms with E-state index < -0.39 is 0 Å². The molecule has 0 bridgehead atoms. The molecule has 0 aromatic heterocycles. The first-order chi connectivity index (χ1) is 8.22. The van der Waals surface area contributed by atoms with Gasteiger partial charge in [-0.15, -0.1) is 0 Å². The van der Waals surface area contributed by atoms with Gasteiger partial charge in [-0.2, -0.15) is 0 Å². The number of fused-ring (bicyclic) bond motifs is 2. The molecule has 1 N–H and O–H groups in total. The summed E-state index contributed by atoms with van der Waals surface area (Å²) in [6.07, 6.45) is 2.18. The fraction of sp³-hybridized carbons (Fsp3) is 0.143. The minimum absolute atomic E-state index is 1.09. The average molecular weight is 353 g/mol. The number of rotatable bonds is 0. The van der Waals surface area contributed by atoms with E-state index in [0.717, 1.165) is 21.8 Å². The summed E-state index contributed by atoms with van der Waals surface area (Å²) in [6, 6.07) is 12.9. The lowest BCUT2D eigenvalue weighted by molar-refractivity contribution is 0.977. The standard InChI is InChI=1S/C14H11Br2N/c15-11-5-3-9-1-2-10-4-6-12(16)8-14(10)17-13(9)7-11/h3-8,17H,1-2H2. The first-order valence-electron chi connectivity index (χ1n) is 5.56. The maximum Gasteiger partial charge on any atom is 0.0428 e. The van der Waals surface area contributed by atoms with Crippen LogP contribution in [0.3, 0.4) is 0 Å². The summed E-state index contributed by atoms with van der Waals surface area (Å²) >= 11 is 7.04. The van der Waals surface area contributed by atoms with Crippen LogP contribution >= 0.6 is 31.9 Å². The van der Waals surface area contributed by atoms with E-state index in [2.05, 4.69) is 73.6 Å². The summed E-state index contributed by atoms with van der Waals surface area (Å²) in [5.74, 6) is 0. The number of halogens is 2. The molecule has 0 radical (unpaired) electrons. The van der Waals surface area contributed by atoms with E-state index in [4.69, 9.17) is 0 Å². The third kappa shape index (κ3) is 2.26. The molecular formula is C14H11Br2N. The highest BCUT2D eigenvalue weighted by Gasteiger charge is 2.12. The molecule has 0 fully saturated rings. The van der Waals surface area contributed by atoms with Gasteiger partial charge in [0.1, 0.15) is 0 Å². The number of hydrogen-bond donors (Lipinski definition) is 1. The van der Waals surface area contributed by atoms with Gasteiger partial charge in [-0.3, -0.25) is 0 Å². The Kier molecular flexibility index (Phi) is 2.97. The van der Waals surface area contributed by atoms with Crippen LogP contribution in [0.2, 0.25) is 0 Å². The molecule has 2 aromatic rings. The third-order valence-electron chi connectivity index (χ3n) is 3.08. The van der Waals surface area contributed by atoms with Crippen molar-refractivity contribution in [2.75, 3.05) is 5.32 Å². The molecule has 0 saturated heterocycles. The Morgan fingerprint density at radius 1 is 0.765 bits per heavy atom. The molecule has 86 valence electrons. The lowest BCUT2D eigenvalue weighted by Crippen LogP contribution is -1.93. The normalized spacial score (nSPS) is 13.3. The van der Waals surface area contributed by atoms with Crippen molar-refractivity contribution in [3.63, 3.8) is 0 Å². The maximum atomic E-state index is 3.52. The zero-order valence-corrected chi connectivity index (χ0v) is 12.3. The van der Waals surface area contributed by atoms with Crippen molar-refractivity contribution < 1.29 is 0 Å². The minimum atomic E-state index is 1.09. The largest absolute Gasteiger partial charge is 0.355 e. The van der Waals surface area contributed by atoms with Crippen LogP contribution in [0.1, 0.15) is 11.1 Å². The van der Waals surface area contributed by atoms with Crippen molar-refractivity contribution in [3.05, 3.63) is 56.5 Å². The van der Waals surface area contributed by atoms with Gasteiger partial charge in [0, 0.05) is 20.3 Å². The predicted octanol–water partition coefficient (Wildman–Crippen LogP) is 5.05. The van der Waals surface area contributed by atoms with Crippen LogP contribution in [0.25, 0.3) is 0 Å². The van der Waals surface area contributed by atoms with E-state index in [1.807, 2.05) is 0 Å². The topological polar surface area (TPSA) is 12.0 Å². The summed E-state index contributed by atoms with van der Waals surface area (Å²) < 4.78 is 2.23. The molecule has 17 heavy (non-hydrogen) atoms. The monoisotopic (exact) mass is 351 g/mol. The van der Waals surface area contributed by atoms with Crippen LogP contribution in [0.5, 0.6) is 0 Å². The number of nitrogens with one attached hydrogen (secondary N) is 1. The highest BCUT2D eigenvalue weighted by molar-refractivity contribution is 9.10. The third-order valence-corrected chi connectivity index (χ3v) is 4.06. The van der Waals surface area contributed by atoms with Gasteiger partial charge in [0.25, 0.3) is 0 Å². The van der Waals surface area contributed by atoms with Gasteiger partial charge in [-0.1, -0.05) is 44.0 Å². The number of anilines is 2. The van der Waals surface area contributed by atoms with Gasteiger partial charge in [0.15, 0.2) is 0 Å². The smallest absolute Gasteiger partial charge is 0.0428 e. The summed E-state index contributed by atoms with van der Waals surface area (Å²) in [6.45, 7) is 0. The van der Waals surface area contributed by atoms with Gasteiger partial charge in [0.2, 0.25) is 0 Å². The zero-order valence-electron chi connectivity index (χ0n) is 9.13. The lowest BCUT2D eigenvalue weighted by atomic mass is 10.0. The van der Waals surface area contributed by atoms with Crippen LogP contribution in [0.15, 0.2) is 45.3 Å². The summed E-state index contributed by atoms with van der Waals surface area (Å²) in [5.41, 5.74) is 5.16. The highest BCUT2D eigenvalue weighted by Crippen LogP contribution is 2.33. The van der Waals surface area contributed by atoms with E-state index in [0.29, 0.717) is 0 Å². The molecule has 1 aliphatic heterocycles. The average Bonchev–Trinajstić information content (AvgIpc) is 2.46. The quantitative estimate of drug-likeness (QED) is 0.699. The molecule has 0 unspecified atom stereocenters. The van der Waals surface area contributed by atoms with Crippen LogP contribution in [-0.2, 0) is 12.8 Å². The molecule has 2 aromatic carbocycles. The van der Waals surface area contributed by atoms with Crippen molar-refractivity contribution in [1.29, 1.82) is 0 Å². The zero-order chi connectivity index (χ0) is 11.8. The van der Waals surface area contributed by atoms with Crippen molar-refractivity contribution in [3.8, 4) is 0 Å². The van der Waals surface area contributed by atoms with Crippen LogP contribution in [-0.4, -0.2) is 0 Å². The van der Waals surface area contributed by atoms with Crippen LogP contribution in [0.4, 0.5) is 11.4 Å². The van der Waals surface area contributed by atoms with Crippen LogP contribution in [0, 0.1) is 0 Å². The van der Waals surface area contributed by atoms with Gasteiger partial charge >= 0.3 is 0 Å². The highest BCUT2D eigenvalue weighted by atomic mass is 79.9. The molecule has 0 saturated carbocycles. The molecule has 1 aliphatic rings. The second kappa shape index (κ2) is 4.46. The maximum absolute atomic E-state index is 3.52. The van der Waals surface area contributed by atoms with Crippen molar-refractivity contribution in [2.45, 2.75) is 12.8 Å². The molecule has 0 atom stereocenters. The van der Waals surface area contributed by atoms with Gasteiger partial charge in [0.05, 0.1) is 0 Å². The predicted molar refractivity (Wildman–Crippen MR) is 79.0 cm³/mol. The molecule has 0 spiro atoms. The Morgan fingerprint density at radius 2 is 1.24 bits per heavy atom. The van der Waals surface area contributed by atoms with E-state index in [1.54, 1.807) is 0 Å². The Balaban J connectivity index is 2.10. The second-order valence-corrected chi connectivity index (χ2v) is 6.06. The molecule has 3 rings (SSSR count). The first-order valence-corrected chi connectivity index (χ1v) is 7.15. The molecule has 1 nitrogen and oxygen atoms in total. The van der Waals surface area contributed by atoms with E-state index in [1.165, 1.54) is 22.5 Å². The Bertz CT molecular complexity index is 527. The molecular weight excluding hydrogens is 342 g/mol. The van der Waals surface area contributed by atoms with Gasteiger partial charge in [-0.25, -0.2) is 0 Å². The molecule has 0 amide bonds. The number of hydrogen-bond acceptors (Lipinski definition) is 1. The first kappa shape index (κ1) is 11.3. The SMILES string of the molecule is Brc1ccc2c(c1)Nc1cc(Br)ccc1CC2. The second-order valence-electron chi connectivity index (χ2n) is 4.23. The molecule has 0 aliphatic carbocycles. The number of aryl methyl sites for hydroxylation is 2. The fourth-order valence-corrected chi connectivity index (χ4v) is 2.90. The van der Waals surface area contributed by atoms with Crippen molar-refractivity contribution >= 4 is 43.2 Å². The van der Waals surface area contributed by atoms with E-state index in [-0.39, 0.29) is 0 Å². The number of benzene rings is 2. The van der Waals surface area contributed by atoms with E-state index >= 15 is 0 Å². The Hall–Kier alpha value is -0.800. The summed E-state index contributed by atoms with van der Waals surface area (Å²) in [4.78, 5) is 0. The minimum Gasteiger partial charge on any atom is -0.355 e. The lowest BCUT2D eigenvalue weighted by Gasteiger charge is -2.10. The van der Waals surface area contributed by atoms with Crippen molar-refractivity contribution in [1.82, 2.24) is 0 Å². The summed E-state index contributed by atoms with van der Waals surface area (Å²) in [5, 5.41) is 3.52. The summed E-state index contributed by atoms with van der Waals surface area (Å²) in [7, 11) is 0. The van der Waals surface area contributed by atoms with Crippen molar-refractivity contribution in [2.24, 2.45) is 0 Å². The molecule has 1 heterocycles. The van der Waals surface area contributed by atoms with Gasteiger partial charge in [-0.05, 0) is 48.2 Å². The van der Waals surface area contributed by atoms with E-state index in [9.17, 15) is 0 Å². The fourth-order valence-electron chi connectivity index (χ4n) is 2.18.